The predicted molar refractivity (Wildman–Crippen MR) is 131 cm³/mol. The molecule has 2 N–H and O–H groups in total. The van der Waals surface area contributed by atoms with Crippen molar-refractivity contribution in [2.75, 3.05) is 25.0 Å². The van der Waals surface area contributed by atoms with E-state index in [2.05, 4.69) is 49.3 Å². The Hall–Kier alpha value is -3.80. The Kier molecular flexibility index (Phi) is 6.36. The molecule has 2 aromatic carbocycles. The van der Waals surface area contributed by atoms with Crippen LogP contribution in [0.25, 0.3) is 33.4 Å². The molecule has 0 saturated carbocycles. The minimum atomic E-state index is -1.00. The van der Waals surface area contributed by atoms with Crippen molar-refractivity contribution in [2.45, 2.75) is 27.7 Å². The molecule has 0 radical (unpaired) electrons. The van der Waals surface area contributed by atoms with Crippen LogP contribution in [0.5, 0.6) is 5.75 Å². The number of ether oxygens (including phenoxy) is 1. The van der Waals surface area contributed by atoms with Crippen LogP contribution in [0.2, 0.25) is 0 Å². The summed E-state index contributed by atoms with van der Waals surface area (Å²) >= 11 is 0. The van der Waals surface area contributed by atoms with E-state index in [0.29, 0.717) is 12.3 Å². The minimum absolute atomic E-state index is 0.370. The van der Waals surface area contributed by atoms with Crippen LogP contribution >= 0.6 is 0 Å². The Morgan fingerprint density at radius 1 is 1.06 bits per heavy atom. The van der Waals surface area contributed by atoms with E-state index < -0.39 is 5.97 Å². The molecule has 0 amide bonds. The smallest absolute Gasteiger partial charge is 0.341 e. The van der Waals surface area contributed by atoms with Gasteiger partial charge >= 0.3 is 5.97 Å². The summed E-state index contributed by atoms with van der Waals surface area (Å²) in [5, 5.41) is 14.2. The average molecular weight is 445 g/mol. The maximum absolute atomic E-state index is 10.8. The van der Waals surface area contributed by atoms with Crippen molar-refractivity contribution in [1.82, 2.24) is 0 Å². The minimum Gasteiger partial charge on any atom is -0.482 e. The van der Waals surface area contributed by atoms with Crippen LogP contribution in [0.4, 0.5) is 5.69 Å². The molecule has 0 atom stereocenters. The summed E-state index contributed by atoms with van der Waals surface area (Å²) in [5.74, 6) is 0.283. The van der Waals surface area contributed by atoms with Gasteiger partial charge in [-0.2, -0.15) is 0 Å². The second kappa shape index (κ2) is 9.36. The van der Waals surface area contributed by atoms with Crippen molar-refractivity contribution in [2.24, 2.45) is 4.99 Å². The highest BCUT2D eigenvalue weighted by Gasteiger charge is 2.19. The number of hydrogen-bond acceptors (Lipinski definition) is 5. The number of benzene rings is 3. The Morgan fingerprint density at radius 3 is 2.48 bits per heavy atom. The van der Waals surface area contributed by atoms with Gasteiger partial charge in [-0.1, -0.05) is 12.1 Å². The summed E-state index contributed by atoms with van der Waals surface area (Å²) in [4.78, 5) is 15.4. The highest BCUT2D eigenvalue weighted by molar-refractivity contribution is 6.03. The van der Waals surface area contributed by atoms with Crippen molar-refractivity contribution in [1.29, 1.82) is 0 Å². The first kappa shape index (κ1) is 22.4. The fourth-order valence-corrected chi connectivity index (χ4v) is 4.08. The standard InChI is InChI=1S/C27H28N2O4/c1-5-28-22-13-24-20(11-16(22)3)27(18-7-9-19(10-8-18)32-15-26(30)31)21-12-17(4)23(29-6-2)14-25(21)33-24/h7-14,28H,5-6,15H2,1-4H3,(H,30,31). The molecule has 0 bridgehead atoms. The lowest BCUT2D eigenvalue weighted by Crippen LogP contribution is -2.09. The molecule has 1 heterocycles. The Labute approximate surface area is 192 Å². The molecule has 0 aromatic heterocycles. The highest BCUT2D eigenvalue weighted by Crippen LogP contribution is 2.42. The topological polar surface area (TPSA) is 84.1 Å². The molecule has 6 nitrogen and oxygen atoms in total. The molecule has 170 valence electrons. The zero-order valence-corrected chi connectivity index (χ0v) is 19.4. The van der Waals surface area contributed by atoms with E-state index in [1.807, 2.05) is 25.1 Å². The van der Waals surface area contributed by atoms with Crippen LogP contribution in [0.3, 0.4) is 0 Å². The molecule has 0 spiro atoms. The number of fused-ring (bicyclic) bond motifs is 2. The molecule has 4 rings (SSSR count). The number of nitrogens with zero attached hydrogens (tertiary/aromatic N) is 1. The second-order valence-electron chi connectivity index (χ2n) is 7.99. The zero-order chi connectivity index (χ0) is 23.5. The molecule has 1 aliphatic heterocycles. The number of carboxylic acid groups (broad SMARTS) is 1. The van der Waals surface area contributed by atoms with Gasteiger partial charge in [0.15, 0.2) is 6.61 Å². The third-order valence-corrected chi connectivity index (χ3v) is 5.58. The Balaban J connectivity index is 1.98. The van der Waals surface area contributed by atoms with E-state index in [1.165, 1.54) is 0 Å². The van der Waals surface area contributed by atoms with Crippen molar-refractivity contribution in [3.63, 3.8) is 0 Å². The van der Waals surface area contributed by atoms with Gasteiger partial charge < -0.3 is 19.6 Å². The summed E-state index contributed by atoms with van der Waals surface area (Å²) < 4.78 is 11.7. The number of nitrogens with one attached hydrogen (secondary N) is 1. The number of carboxylic acids is 1. The SMILES string of the molecule is CCN=c1cc2oc3cc(NCC)c(C)cc3c(-c3ccc(OCC(=O)O)cc3)c-2cc1C. The maximum Gasteiger partial charge on any atom is 0.341 e. The lowest BCUT2D eigenvalue weighted by molar-refractivity contribution is -0.139. The highest BCUT2D eigenvalue weighted by atomic mass is 16.5. The molecule has 2 aromatic rings. The summed E-state index contributed by atoms with van der Waals surface area (Å²) in [7, 11) is 0. The normalized spacial score (nSPS) is 11.8. The maximum atomic E-state index is 10.8. The van der Waals surface area contributed by atoms with Gasteiger partial charge in [-0.05, 0) is 68.7 Å². The summed E-state index contributed by atoms with van der Waals surface area (Å²) in [6.45, 7) is 9.39. The van der Waals surface area contributed by atoms with E-state index in [9.17, 15) is 4.79 Å². The Bertz CT molecular complexity index is 1350. The van der Waals surface area contributed by atoms with Gasteiger partial charge in [-0.3, -0.25) is 4.99 Å². The van der Waals surface area contributed by atoms with Crippen LogP contribution in [0.1, 0.15) is 25.0 Å². The molecule has 2 aliphatic rings. The van der Waals surface area contributed by atoms with Crippen molar-refractivity contribution in [3.8, 4) is 28.2 Å². The zero-order valence-electron chi connectivity index (χ0n) is 19.4. The van der Waals surface area contributed by atoms with Gasteiger partial charge in [0.2, 0.25) is 0 Å². The van der Waals surface area contributed by atoms with E-state index in [0.717, 1.165) is 62.1 Å². The van der Waals surface area contributed by atoms with Crippen LogP contribution in [-0.4, -0.2) is 30.8 Å². The molecular formula is C27H28N2O4. The largest absolute Gasteiger partial charge is 0.482 e. The van der Waals surface area contributed by atoms with Crippen LogP contribution in [0, 0.1) is 13.8 Å². The number of aliphatic carboxylic acids is 1. The first-order valence-corrected chi connectivity index (χ1v) is 11.1. The van der Waals surface area contributed by atoms with Crippen LogP contribution in [-0.2, 0) is 4.79 Å². The third kappa shape index (κ3) is 4.55. The van der Waals surface area contributed by atoms with E-state index in [1.54, 1.807) is 12.1 Å². The fraction of sp³-hybridized carbons (Fsp3) is 0.259. The second-order valence-corrected chi connectivity index (χ2v) is 7.99. The number of rotatable bonds is 7. The molecule has 0 saturated heterocycles. The van der Waals surface area contributed by atoms with Gasteiger partial charge in [-0.25, -0.2) is 4.79 Å². The van der Waals surface area contributed by atoms with Crippen LogP contribution in [0.15, 0.2) is 57.9 Å². The lowest BCUT2D eigenvalue weighted by Gasteiger charge is -2.18. The summed E-state index contributed by atoms with van der Waals surface area (Å²) in [6, 6.07) is 15.9. The molecule has 0 unspecified atom stereocenters. The number of carbonyl (C=O) groups is 1. The van der Waals surface area contributed by atoms with Crippen molar-refractivity contribution in [3.05, 3.63) is 65.0 Å². The quantitative estimate of drug-likeness (QED) is 0.361. The van der Waals surface area contributed by atoms with Crippen molar-refractivity contribution < 1.29 is 19.1 Å². The number of aryl methyl sites for hydroxylation is 2. The van der Waals surface area contributed by atoms with Gasteiger partial charge in [0.05, 0.1) is 5.36 Å². The van der Waals surface area contributed by atoms with Gasteiger partial charge in [0.1, 0.15) is 17.1 Å². The van der Waals surface area contributed by atoms with E-state index >= 15 is 0 Å². The molecule has 6 heteroatoms. The van der Waals surface area contributed by atoms with Gasteiger partial charge in [0, 0.05) is 47.4 Å². The fourth-order valence-electron chi connectivity index (χ4n) is 4.08. The average Bonchev–Trinajstić information content (AvgIpc) is 2.79. The predicted octanol–water partition coefficient (Wildman–Crippen LogP) is 5.64. The Morgan fingerprint density at radius 2 is 1.82 bits per heavy atom. The monoisotopic (exact) mass is 444 g/mol. The first-order valence-electron chi connectivity index (χ1n) is 11.1. The third-order valence-electron chi connectivity index (χ3n) is 5.58. The molecule has 0 fully saturated rings. The number of hydrogen-bond donors (Lipinski definition) is 2. The molecule has 1 aliphatic carbocycles. The molecule has 33 heavy (non-hydrogen) atoms. The number of anilines is 1. The van der Waals surface area contributed by atoms with E-state index in [-0.39, 0.29) is 6.61 Å². The summed E-state index contributed by atoms with van der Waals surface area (Å²) in [5.41, 5.74) is 7.12. The summed E-state index contributed by atoms with van der Waals surface area (Å²) in [6.07, 6.45) is 0. The van der Waals surface area contributed by atoms with Crippen molar-refractivity contribution >= 4 is 22.6 Å². The van der Waals surface area contributed by atoms with E-state index in [4.69, 9.17) is 14.3 Å². The van der Waals surface area contributed by atoms with Crippen LogP contribution < -0.4 is 15.4 Å². The van der Waals surface area contributed by atoms with Gasteiger partial charge in [-0.15, -0.1) is 0 Å². The molecular weight excluding hydrogens is 416 g/mol. The first-order chi connectivity index (χ1) is 15.9. The van der Waals surface area contributed by atoms with Gasteiger partial charge in [0.25, 0.3) is 0 Å². The lowest BCUT2D eigenvalue weighted by atomic mass is 9.91.